The first-order valence-corrected chi connectivity index (χ1v) is 6.15. The van der Waals surface area contributed by atoms with Gasteiger partial charge in [0.2, 0.25) is 4.80 Å². The van der Waals surface area contributed by atoms with Crippen molar-refractivity contribution in [1.82, 2.24) is 4.57 Å². The van der Waals surface area contributed by atoms with Crippen LogP contribution in [0.25, 0.3) is 10.2 Å². The van der Waals surface area contributed by atoms with Crippen molar-refractivity contribution in [2.75, 3.05) is 0 Å². The summed E-state index contributed by atoms with van der Waals surface area (Å²) in [6.07, 6.45) is 0.943. The summed E-state index contributed by atoms with van der Waals surface area (Å²) in [4.78, 5) is 0.939. The molecule has 1 aromatic heterocycles. The Morgan fingerprint density at radius 1 is 1.38 bits per heavy atom. The van der Waals surface area contributed by atoms with Crippen molar-refractivity contribution < 1.29 is 0 Å². The molecule has 3 nitrogen and oxygen atoms in total. The number of fused-ring (bicyclic) bond motifs is 1. The molecule has 0 saturated heterocycles. The Hall–Kier alpha value is -1.42. The molecule has 0 amide bonds. The van der Waals surface area contributed by atoms with Crippen molar-refractivity contribution >= 4 is 27.3 Å². The highest BCUT2D eigenvalue weighted by atomic mass is 32.1. The first kappa shape index (κ1) is 11.1. The van der Waals surface area contributed by atoms with E-state index in [1.807, 2.05) is 26.1 Å². The van der Waals surface area contributed by atoms with Gasteiger partial charge in [-0.1, -0.05) is 30.4 Å². The van der Waals surface area contributed by atoms with Crippen molar-refractivity contribution in [2.24, 2.45) is 17.3 Å². The highest BCUT2D eigenvalue weighted by molar-refractivity contribution is 7.16. The molecule has 0 aliphatic heterocycles. The monoisotopic (exact) mass is 233 g/mol. The molecule has 0 atom stereocenters. The van der Waals surface area contributed by atoms with Crippen LogP contribution in [0.15, 0.2) is 34.5 Å². The lowest BCUT2D eigenvalue weighted by atomic mass is 10.3. The number of rotatable bonds is 2. The summed E-state index contributed by atoms with van der Waals surface area (Å²) in [5, 5.41) is 8.48. The highest BCUT2D eigenvalue weighted by Gasteiger charge is 2.00. The van der Waals surface area contributed by atoms with Crippen LogP contribution in [0.3, 0.4) is 0 Å². The first-order chi connectivity index (χ1) is 7.72. The summed E-state index contributed by atoms with van der Waals surface area (Å²) in [5.74, 6) is 0. The van der Waals surface area contributed by atoms with Crippen LogP contribution in [-0.2, 0) is 7.05 Å². The third-order valence-electron chi connectivity index (χ3n) is 2.53. The first-order valence-electron chi connectivity index (χ1n) is 5.34. The molecule has 0 bridgehead atoms. The number of thiazole rings is 1. The molecule has 0 N–H and O–H groups in total. The van der Waals surface area contributed by atoms with E-state index in [-0.39, 0.29) is 0 Å². The van der Waals surface area contributed by atoms with E-state index in [1.54, 1.807) is 11.3 Å². The lowest BCUT2D eigenvalue weighted by Gasteiger charge is -1.93. The second kappa shape index (κ2) is 4.61. The van der Waals surface area contributed by atoms with E-state index in [9.17, 15) is 0 Å². The van der Waals surface area contributed by atoms with Crippen LogP contribution in [0.1, 0.15) is 20.3 Å². The van der Waals surface area contributed by atoms with Gasteiger partial charge >= 0.3 is 0 Å². The van der Waals surface area contributed by atoms with Crippen molar-refractivity contribution in [2.45, 2.75) is 20.3 Å². The van der Waals surface area contributed by atoms with Crippen LogP contribution in [0.2, 0.25) is 0 Å². The average molecular weight is 233 g/mol. The number of aromatic nitrogens is 1. The minimum atomic E-state index is 0.939. The van der Waals surface area contributed by atoms with Gasteiger partial charge in [-0.05, 0) is 25.5 Å². The van der Waals surface area contributed by atoms with E-state index in [2.05, 4.69) is 33.8 Å². The van der Waals surface area contributed by atoms with Gasteiger partial charge in [-0.15, -0.1) is 5.10 Å². The smallest absolute Gasteiger partial charge is 0.211 e. The maximum Gasteiger partial charge on any atom is 0.211 e. The molecular weight excluding hydrogens is 218 g/mol. The van der Waals surface area contributed by atoms with Gasteiger partial charge in [0, 0.05) is 12.8 Å². The third-order valence-corrected chi connectivity index (χ3v) is 3.64. The van der Waals surface area contributed by atoms with Gasteiger partial charge in [-0.2, -0.15) is 5.10 Å². The van der Waals surface area contributed by atoms with Gasteiger partial charge in [0.25, 0.3) is 0 Å². The van der Waals surface area contributed by atoms with E-state index in [4.69, 9.17) is 0 Å². The quantitative estimate of drug-likeness (QED) is 0.564. The Morgan fingerprint density at radius 2 is 2.12 bits per heavy atom. The molecular formula is C12H15N3S. The minimum absolute atomic E-state index is 0.939. The van der Waals surface area contributed by atoms with Crippen molar-refractivity contribution in [3.8, 4) is 0 Å². The van der Waals surface area contributed by atoms with E-state index in [0.29, 0.717) is 0 Å². The van der Waals surface area contributed by atoms with Gasteiger partial charge in [0.05, 0.1) is 10.2 Å². The molecule has 16 heavy (non-hydrogen) atoms. The van der Waals surface area contributed by atoms with Crippen LogP contribution in [-0.4, -0.2) is 10.3 Å². The van der Waals surface area contributed by atoms with Gasteiger partial charge < -0.3 is 4.57 Å². The zero-order chi connectivity index (χ0) is 11.5. The number of hydrogen-bond acceptors (Lipinski definition) is 3. The summed E-state index contributed by atoms with van der Waals surface area (Å²) in [7, 11) is 2.02. The normalized spacial score (nSPS) is 13.7. The maximum atomic E-state index is 4.28. The topological polar surface area (TPSA) is 29.6 Å². The van der Waals surface area contributed by atoms with Crippen LogP contribution < -0.4 is 4.80 Å². The second-order valence-electron chi connectivity index (χ2n) is 3.70. The van der Waals surface area contributed by atoms with Gasteiger partial charge in [0.1, 0.15) is 0 Å². The van der Waals surface area contributed by atoms with E-state index >= 15 is 0 Å². The second-order valence-corrected chi connectivity index (χ2v) is 4.71. The van der Waals surface area contributed by atoms with Gasteiger partial charge in [-0.25, -0.2) is 0 Å². The van der Waals surface area contributed by atoms with Gasteiger partial charge in [-0.3, -0.25) is 0 Å². The Bertz CT molecular complexity index is 590. The molecule has 0 unspecified atom stereocenters. The molecule has 1 aromatic carbocycles. The summed E-state index contributed by atoms with van der Waals surface area (Å²) in [6.45, 7) is 4.08. The fraction of sp³-hybridized carbons (Fsp3) is 0.333. The molecule has 0 fully saturated rings. The van der Waals surface area contributed by atoms with E-state index in [0.717, 1.165) is 16.9 Å². The zero-order valence-corrected chi connectivity index (χ0v) is 10.6. The third kappa shape index (κ3) is 2.07. The molecule has 84 valence electrons. The number of benzene rings is 1. The molecule has 0 aliphatic rings. The number of nitrogens with zero attached hydrogens (tertiary/aromatic N) is 3. The average Bonchev–Trinajstić information content (AvgIpc) is 2.64. The maximum absolute atomic E-state index is 4.28. The Labute approximate surface area is 98.8 Å². The van der Waals surface area contributed by atoms with E-state index < -0.39 is 0 Å². The van der Waals surface area contributed by atoms with Crippen LogP contribution in [0, 0.1) is 0 Å². The molecule has 0 saturated carbocycles. The number of hydrogen-bond donors (Lipinski definition) is 0. The highest BCUT2D eigenvalue weighted by Crippen LogP contribution is 2.14. The van der Waals surface area contributed by atoms with Crippen molar-refractivity contribution in [1.29, 1.82) is 0 Å². The lowest BCUT2D eigenvalue weighted by Crippen LogP contribution is -2.09. The molecule has 2 aromatic rings. The summed E-state index contributed by atoms with van der Waals surface area (Å²) < 4.78 is 3.32. The number of para-hydroxylation sites is 1. The van der Waals surface area contributed by atoms with E-state index in [1.165, 1.54) is 10.2 Å². The standard InChI is InChI=1S/C12H15N3S/c1-4-9(2)13-14-12-15(3)10-7-5-6-8-11(10)16-12/h5-8H,4H2,1-3H3/b13-9+,14-12+. The largest absolute Gasteiger partial charge is 0.318 e. The fourth-order valence-electron chi connectivity index (χ4n) is 1.38. The molecule has 0 radical (unpaired) electrons. The number of aryl methyl sites for hydroxylation is 1. The van der Waals surface area contributed by atoms with Crippen LogP contribution in [0.5, 0.6) is 0 Å². The lowest BCUT2D eigenvalue weighted by molar-refractivity contribution is 0.886. The predicted octanol–water partition coefficient (Wildman–Crippen LogP) is 2.93. The summed E-state index contributed by atoms with van der Waals surface area (Å²) in [5.41, 5.74) is 2.26. The molecule has 0 spiro atoms. The molecule has 1 heterocycles. The van der Waals surface area contributed by atoms with Gasteiger partial charge in [0.15, 0.2) is 0 Å². The van der Waals surface area contributed by atoms with Crippen molar-refractivity contribution in [3.63, 3.8) is 0 Å². The van der Waals surface area contributed by atoms with Crippen LogP contribution >= 0.6 is 11.3 Å². The summed E-state index contributed by atoms with van der Waals surface area (Å²) >= 11 is 1.67. The summed E-state index contributed by atoms with van der Waals surface area (Å²) in [6, 6.07) is 8.29. The van der Waals surface area contributed by atoms with Crippen LogP contribution in [0.4, 0.5) is 0 Å². The SMILES string of the molecule is CC/C(C)=N/N=c1/sc2ccccc2n1C. The zero-order valence-electron chi connectivity index (χ0n) is 9.77. The minimum Gasteiger partial charge on any atom is -0.318 e. The Morgan fingerprint density at radius 3 is 2.81 bits per heavy atom. The fourth-order valence-corrected chi connectivity index (χ4v) is 2.35. The Kier molecular flexibility index (Phi) is 3.19. The predicted molar refractivity (Wildman–Crippen MR) is 69.8 cm³/mol. The Balaban J connectivity index is 2.58. The molecule has 0 aliphatic carbocycles. The molecule has 2 rings (SSSR count). The van der Waals surface area contributed by atoms with Crippen molar-refractivity contribution in [3.05, 3.63) is 29.1 Å². The molecule has 4 heteroatoms.